The zero-order valence-electron chi connectivity index (χ0n) is 12.7. The molecule has 0 saturated heterocycles. The first kappa shape index (κ1) is 15.5. The molecule has 0 spiro atoms. The van der Waals surface area contributed by atoms with Crippen LogP contribution < -0.4 is 0 Å². The van der Waals surface area contributed by atoms with Crippen LogP contribution in [0, 0.1) is 0 Å². The zero-order chi connectivity index (χ0) is 14.9. The average Bonchev–Trinajstić information content (AvgIpc) is 2.54. The van der Waals surface area contributed by atoms with Crippen molar-refractivity contribution in [3.8, 4) is 0 Å². The second-order valence-electron chi connectivity index (χ2n) is 4.62. The van der Waals surface area contributed by atoms with Gasteiger partial charge in [0.15, 0.2) is 6.29 Å². The van der Waals surface area contributed by atoms with Crippen molar-refractivity contribution >= 4 is 11.6 Å². The molecule has 0 unspecified atom stereocenters. The van der Waals surface area contributed by atoms with Crippen LogP contribution in [0.3, 0.4) is 0 Å². The van der Waals surface area contributed by atoms with Gasteiger partial charge in [-0.3, -0.25) is 0 Å². The van der Waals surface area contributed by atoms with E-state index in [4.69, 9.17) is 9.47 Å². The van der Waals surface area contributed by atoms with E-state index < -0.39 is 0 Å². The van der Waals surface area contributed by atoms with Gasteiger partial charge in [0.1, 0.15) is 0 Å². The Labute approximate surface area is 127 Å². The van der Waals surface area contributed by atoms with Crippen molar-refractivity contribution in [2.24, 2.45) is 0 Å². The standard InChI is InChI=1S/C19H22O2/c1-3-20-19(21-4-2)18(17-13-9-6-10-14-17)15-16-11-7-5-8-12-16/h5-15,19H,3-4H2,1-2H3/b18-15-. The van der Waals surface area contributed by atoms with E-state index in [9.17, 15) is 0 Å². The molecule has 2 heteroatoms. The van der Waals surface area contributed by atoms with Crippen molar-refractivity contribution in [2.45, 2.75) is 20.1 Å². The van der Waals surface area contributed by atoms with Gasteiger partial charge in [0.05, 0.1) is 0 Å². The highest BCUT2D eigenvalue weighted by atomic mass is 16.7. The number of hydrogen-bond donors (Lipinski definition) is 0. The van der Waals surface area contributed by atoms with Crippen LogP contribution in [0.5, 0.6) is 0 Å². The van der Waals surface area contributed by atoms with E-state index in [2.05, 4.69) is 30.3 Å². The second kappa shape index (κ2) is 8.40. The van der Waals surface area contributed by atoms with Crippen LogP contribution in [0.4, 0.5) is 0 Å². The molecule has 0 aliphatic rings. The Morgan fingerprint density at radius 3 is 1.90 bits per heavy atom. The Balaban J connectivity index is 2.41. The summed E-state index contributed by atoms with van der Waals surface area (Å²) in [7, 11) is 0. The van der Waals surface area contributed by atoms with Gasteiger partial charge in [0, 0.05) is 18.8 Å². The van der Waals surface area contributed by atoms with Crippen molar-refractivity contribution < 1.29 is 9.47 Å². The van der Waals surface area contributed by atoms with E-state index >= 15 is 0 Å². The highest BCUT2D eigenvalue weighted by Crippen LogP contribution is 2.24. The molecule has 21 heavy (non-hydrogen) atoms. The van der Waals surface area contributed by atoms with Crippen LogP contribution in [0.15, 0.2) is 60.7 Å². The lowest BCUT2D eigenvalue weighted by Crippen LogP contribution is -2.19. The molecule has 0 aliphatic carbocycles. The summed E-state index contributed by atoms with van der Waals surface area (Å²) in [6, 6.07) is 20.5. The van der Waals surface area contributed by atoms with Gasteiger partial charge < -0.3 is 9.47 Å². The van der Waals surface area contributed by atoms with Crippen LogP contribution in [-0.2, 0) is 9.47 Å². The van der Waals surface area contributed by atoms with Crippen molar-refractivity contribution in [2.75, 3.05) is 13.2 Å². The van der Waals surface area contributed by atoms with Gasteiger partial charge in [-0.25, -0.2) is 0 Å². The summed E-state index contributed by atoms with van der Waals surface area (Å²) in [4.78, 5) is 0. The van der Waals surface area contributed by atoms with Gasteiger partial charge in [-0.05, 0) is 31.1 Å². The van der Waals surface area contributed by atoms with Crippen molar-refractivity contribution in [1.29, 1.82) is 0 Å². The molecule has 110 valence electrons. The molecule has 0 amide bonds. The van der Waals surface area contributed by atoms with E-state index in [1.807, 2.05) is 50.2 Å². The first-order chi connectivity index (χ1) is 10.3. The van der Waals surface area contributed by atoms with Crippen LogP contribution in [-0.4, -0.2) is 19.5 Å². The molecule has 0 atom stereocenters. The SMILES string of the molecule is CCOC(OCC)/C(=C\c1ccccc1)c1ccccc1. The summed E-state index contributed by atoms with van der Waals surface area (Å²) >= 11 is 0. The molecule has 2 aromatic carbocycles. The highest BCUT2D eigenvalue weighted by molar-refractivity contribution is 5.83. The number of hydrogen-bond acceptors (Lipinski definition) is 2. The van der Waals surface area contributed by atoms with E-state index in [1.54, 1.807) is 0 Å². The van der Waals surface area contributed by atoms with Crippen LogP contribution in [0.25, 0.3) is 11.6 Å². The van der Waals surface area contributed by atoms with Gasteiger partial charge in [0.2, 0.25) is 0 Å². The molecule has 0 N–H and O–H groups in total. The molecule has 0 bridgehead atoms. The Bertz CT molecular complexity index is 540. The predicted molar refractivity (Wildman–Crippen MR) is 87.8 cm³/mol. The Morgan fingerprint density at radius 2 is 1.38 bits per heavy atom. The van der Waals surface area contributed by atoms with E-state index in [0.717, 1.165) is 16.7 Å². The second-order valence-corrected chi connectivity index (χ2v) is 4.62. The van der Waals surface area contributed by atoms with Crippen molar-refractivity contribution in [3.63, 3.8) is 0 Å². The van der Waals surface area contributed by atoms with Crippen molar-refractivity contribution in [1.82, 2.24) is 0 Å². The summed E-state index contributed by atoms with van der Waals surface area (Å²) in [6.45, 7) is 5.20. The Morgan fingerprint density at radius 1 is 0.857 bits per heavy atom. The number of ether oxygens (including phenoxy) is 2. The van der Waals surface area contributed by atoms with Crippen LogP contribution in [0.2, 0.25) is 0 Å². The third-order valence-corrected chi connectivity index (χ3v) is 3.12. The monoisotopic (exact) mass is 282 g/mol. The summed E-state index contributed by atoms with van der Waals surface area (Å²) in [6.07, 6.45) is 1.79. The molecule has 2 aromatic rings. The molecular weight excluding hydrogens is 260 g/mol. The maximum Gasteiger partial charge on any atom is 0.184 e. The lowest BCUT2D eigenvalue weighted by atomic mass is 10.0. The van der Waals surface area contributed by atoms with Gasteiger partial charge in [-0.2, -0.15) is 0 Å². The van der Waals surface area contributed by atoms with E-state index in [0.29, 0.717) is 13.2 Å². The molecule has 2 nitrogen and oxygen atoms in total. The third-order valence-electron chi connectivity index (χ3n) is 3.12. The van der Waals surface area contributed by atoms with Gasteiger partial charge in [-0.15, -0.1) is 0 Å². The van der Waals surface area contributed by atoms with Crippen LogP contribution >= 0.6 is 0 Å². The molecule has 0 radical (unpaired) electrons. The minimum absolute atomic E-state index is 0.345. The molecule has 0 saturated carbocycles. The normalized spacial score (nSPS) is 11.9. The molecule has 0 heterocycles. The molecule has 2 rings (SSSR count). The lowest BCUT2D eigenvalue weighted by Gasteiger charge is -2.21. The molecule has 0 aromatic heterocycles. The van der Waals surface area contributed by atoms with Gasteiger partial charge in [-0.1, -0.05) is 60.7 Å². The summed E-state index contributed by atoms with van der Waals surface area (Å²) in [5.74, 6) is 0. The largest absolute Gasteiger partial charge is 0.349 e. The molecular formula is C19H22O2. The zero-order valence-corrected chi connectivity index (χ0v) is 12.7. The lowest BCUT2D eigenvalue weighted by molar-refractivity contribution is -0.0960. The highest BCUT2D eigenvalue weighted by Gasteiger charge is 2.16. The minimum Gasteiger partial charge on any atom is -0.349 e. The fourth-order valence-electron chi connectivity index (χ4n) is 2.18. The average molecular weight is 282 g/mol. The fourth-order valence-corrected chi connectivity index (χ4v) is 2.18. The summed E-state index contributed by atoms with van der Waals surface area (Å²) in [5, 5.41) is 0. The Hall–Kier alpha value is -1.90. The minimum atomic E-state index is -0.345. The van der Waals surface area contributed by atoms with Crippen molar-refractivity contribution in [3.05, 3.63) is 71.8 Å². The quantitative estimate of drug-likeness (QED) is 0.544. The van der Waals surface area contributed by atoms with Gasteiger partial charge in [0.25, 0.3) is 0 Å². The third kappa shape index (κ3) is 4.55. The maximum atomic E-state index is 5.78. The summed E-state index contributed by atoms with van der Waals surface area (Å²) in [5.41, 5.74) is 3.31. The van der Waals surface area contributed by atoms with E-state index in [1.165, 1.54) is 0 Å². The molecule has 0 fully saturated rings. The Kier molecular flexibility index (Phi) is 6.20. The first-order valence-corrected chi connectivity index (χ1v) is 7.40. The predicted octanol–water partition coefficient (Wildman–Crippen LogP) is 4.63. The topological polar surface area (TPSA) is 18.5 Å². The smallest absolute Gasteiger partial charge is 0.184 e. The maximum absolute atomic E-state index is 5.78. The summed E-state index contributed by atoms with van der Waals surface area (Å²) < 4.78 is 11.6. The van der Waals surface area contributed by atoms with Crippen LogP contribution in [0.1, 0.15) is 25.0 Å². The van der Waals surface area contributed by atoms with E-state index in [-0.39, 0.29) is 6.29 Å². The fraction of sp³-hybridized carbons (Fsp3) is 0.263. The molecule has 0 aliphatic heterocycles. The van der Waals surface area contributed by atoms with Gasteiger partial charge >= 0.3 is 0 Å². The first-order valence-electron chi connectivity index (χ1n) is 7.40. The number of rotatable bonds is 7. The number of benzene rings is 2.